The third kappa shape index (κ3) is 4.29. The number of benzene rings is 2. The van der Waals surface area contributed by atoms with Gasteiger partial charge in [0.25, 0.3) is 0 Å². The second-order valence-corrected chi connectivity index (χ2v) is 7.38. The van der Waals surface area contributed by atoms with Gasteiger partial charge in [0, 0.05) is 58.2 Å². The maximum absolute atomic E-state index is 5.99. The van der Waals surface area contributed by atoms with Crippen LogP contribution in [0.25, 0.3) is 0 Å². The van der Waals surface area contributed by atoms with Gasteiger partial charge in [-0.05, 0) is 36.8 Å². The van der Waals surface area contributed by atoms with Gasteiger partial charge in [-0.2, -0.15) is 0 Å². The van der Waals surface area contributed by atoms with Crippen LogP contribution in [-0.4, -0.2) is 64.7 Å². The normalized spacial score (nSPS) is 18.1. The van der Waals surface area contributed by atoms with Gasteiger partial charge in [-0.1, -0.05) is 18.2 Å². The number of para-hydroxylation sites is 1. The van der Waals surface area contributed by atoms with E-state index in [9.17, 15) is 0 Å². The summed E-state index contributed by atoms with van der Waals surface area (Å²) in [5.74, 6) is -0.0886. The van der Waals surface area contributed by atoms with Gasteiger partial charge in [0.1, 0.15) is 5.75 Å². The van der Waals surface area contributed by atoms with Gasteiger partial charge in [-0.3, -0.25) is 9.89 Å². The van der Waals surface area contributed by atoms with Crippen molar-refractivity contribution in [1.29, 1.82) is 0 Å². The molecule has 6 nitrogen and oxygen atoms in total. The molecule has 0 amide bonds. The van der Waals surface area contributed by atoms with E-state index in [0.29, 0.717) is 6.61 Å². The molecular formula is C23H29N3O3. The van der Waals surface area contributed by atoms with Crippen LogP contribution in [0.1, 0.15) is 12.0 Å². The Labute approximate surface area is 172 Å². The minimum absolute atomic E-state index is 0.686. The van der Waals surface area contributed by atoms with Crippen LogP contribution < -0.4 is 9.64 Å². The van der Waals surface area contributed by atoms with Crippen LogP contribution >= 0.6 is 0 Å². The van der Waals surface area contributed by atoms with Gasteiger partial charge in [0.2, 0.25) is 5.79 Å². The molecule has 2 heterocycles. The summed E-state index contributed by atoms with van der Waals surface area (Å²) in [5.41, 5.74) is 3.06. The lowest BCUT2D eigenvalue weighted by Crippen LogP contribution is -2.46. The van der Waals surface area contributed by atoms with Gasteiger partial charge < -0.3 is 19.1 Å². The molecule has 1 saturated heterocycles. The Balaban J connectivity index is 1.22. The van der Waals surface area contributed by atoms with Gasteiger partial charge >= 0.3 is 0 Å². The van der Waals surface area contributed by atoms with Crippen molar-refractivity contribution >= 4 is 17.6 Å². The fourth-order valence-corrected chi connectivity index (χ4v) is 3.98. The number of methoxy groups -OCH3 is 2. The summed E-state index contributed by atoms with van der Waals surface area (Å²) in [7, 11) is 3.24. The Morgan fingerprint density at radius 2 is 1.72 bits per heavy atom. The second kappa shape index (κ2) is 8.95. The summed E-state index contributed by atoms with van der Waals surface area (Å²) in [6, 6.07) is 16.5. The standard InChI is InChI=1S/C23H29N3O3/c1-27-23(28-2)18-24-22-10-9-20(17-21(22)23)29-16-6-11-25-12-14-26(15-13-25)19-7-4-3-5-8-19/h3-5,7-10,17-18H,6,11-16H2,1-2H3. The number of hydrogen-bond donors (Lipinski definition) is 0. The minimum atomic E-state index is -0.910. The maximum atomic E-state index is 5.99. The SMILES string of the molecule is COC1(OC)C=Nc2ccc(OCCCN3CCN(c4ccccc4)CC3)cc21. The summed E-state index contributed by atoms with van der Waals surface area (Å²) >= 11 is 0. The first kappa shape index (κ1) is 19.9. The highest BCUT2D eigenvalue weighted by molar-refractivity contribution is 5.82. The van der Waals surface area contributed by atoms with E-state index in [0.717, 1.165) is 56.1 Å². The third-order valence-electron chi connectivity index (χ3n) is 5.70. The largest absolute Gasteiger partial charge is 0.494 e. The molecule has 0 aromatic heterocycles. The summed E-state index contributed by atoms with van der Waals surface area (Å²) < 4.78 is 17.1. The first-order valence-corrected chi connectivity index (χ1v) is 10.2. The zero-order valence-corrected chi connectivity index (χ0v) is 17.2. The van der Waals surface area contributed by atoms with Crippen molar-refractivity contribution in [2.24, 2.45) is 4.99 Å². The van der Waals surface area contributed by atoms with Crippen molar-refractivity contribution in [1.82, 2.24) is 4.90 Å². The average molecular weight is 396 g/mol. The number of rotatable bonds is 8. The van der Waals surface area contributed by atoms with Crippen molar-refractivity contribution < 1.29 is 14.2 Å². The maximum Gasteiger partial charge on any atom is 0.234 e. The smallest absolute Gasteiger partial charge is 0.234 e. The molecule has 0 aliphatic carbocycles. The highest BCUT2D eigenvalue weighted by atomic mass is 16.7. The number of hydrogen-bond acceptors (Lipinski definition) is 6. The Morgan fingerprint density at radius 1 is 0.966 bits per heavy atom. The summed E-state index contributed by atoms with van der Waals surface area (Å²) in [6.07, 6.45) is 2.69. The van der Waals surface area contributed by atoms with Crippen LogP contribution in [0, 0.1) is 0 Å². The Morgan fingerprint density at radius 3 is 2.45 bits per heavy atom. The number of fused-ring (bicyclic) bond motifs is 1. The molecular weight excluding hydrogens is 366 g/mol. The number of ether oxygens (including phenoxy) is 3. The molecule has 29 heavy (non-hydrogen) atoms. The molecule has 2 aliphatic rings. The van der Waals surface area contributed by atoms with E-state index in [-0.39, 0.29) is 0 Å². The van der Waals surface area contributed by atoms with E-state index >= 15 is 0 Å². The quantitative estimate of drug-likeness (QED) is 0.506. The third-order valence-corrected chi connectivity index (χ3v) is 5.70. The molecule has 2 aromatic carbocycles. The fraction of sp³-hybridized carbons (Fsp3) is 0.435. The predicted molar refractivity (Wildman–Crippen MR) is 115 cm³/mol. The van der Waals surface area contributed by atoms with Gasteiger partial charge in [-0.15, -0.1) is 0 Å². The van der Waals surface area contributed by atoms with Crippen molar-refractivity contribution in [3.8, 4) is 5.75 Å². The molecule has 1 fully saturated rings. The predicted octanol–water partition coefficient (Wildman–Crippen LogP) is 3.44. The zero-order valence-electron chi connectivity index (χ0n) is 17.2. The molecule has 0 atom stereocenters. The van der Waals surface area contributed by atoms with Crippen LogP contribution in [0.3, 0.4) is 0 Å². The molecule has 0 saturated carbocycles. The molecule has 2 aromatic rings. The summed E-state index contributed by atoms with van der Waals surface area (Å²) in [6.45, 7) is 6.07. The van der Waals surface area contributed by atoms with Gasteiger partial charge in [0.15, 0.2) is 0 Å². The molecule has 0 unspecified atom stereocenters. The number of nitrogens with zero attached hydrogens (tertiary/aromatic N) is 3. The van der Waals surface area contributed by atoms with Gasteiger partial charge in [-0.25, -0.2) is 0 Å². The molecule has 154 valence electrons. The highest BCUT2D eigenvalue weighted by Gasteiger charge is 2.37. The summed E-state index contributed by atoms with van der Waals surface area (Å²) in [5, 5.41) is 0. The van der Waals surface area contributed by atoms with E-state index < -0.39 is 5.79 Å². The molecule has 0 N–H and O–H groups in total. The fourth-order valence-electron chi connectivity index (χ4n) is 3.98. The van der Waals surface area contributed by atoms with E-state index in [4.69, 9.17) is 14.2 Å². The Kier molecular flexibility index (Phi) is 6.13. The monoisotopic (exact) mass is 395 g/mol. The summed E-state index contributed by atoms with van der Waals surface area (Å²) in [4.78, 5) is 9.35. The van der Waals surface area contributed by atoms with E-state index in [1.165, 1.54) is 5.69 Å². The van der Waals surface area contributed by atoms with Crippen molar-refractivity contribution in [3.05, 3.63) is 54.1 Å². The lowest BCUT2D eigenvalue weighted by molar-refractivity contribution is -0.154. The highest BCUT2D eigenvalue weighted by Crippen LogP contribution is 2.40. The Hall–Kier alpha value is -2.41. The number of piperazine rings is 1. The molecule has 0 bridgehead atoms. The number of anilines is 1. The average Bonchev–Trinajstić information content (AvgIpc) is 3.16. The first-order valence-electron chi connectivity index (χ1n) is 10.2. The van der Waals surface area contributed by atoms with Crippen LogP contribution in [0.5, 0.6) is 5.75 Å². The van der Waals surface area contributed by atoms with Gasteiger partial charge in [0.05, 0.1) is 18.5 Å². The van der Waals surface area contributed by atoms with Crippen LogP contribution in [0.4, 0.5) is 11.4 Å². The lowest BCUT2D eigenvalue weighted by Gasteiger charge is -2.36. The van der Waals surface area contributed by atoms with Crippen LogP contribution in [-0.2, 0) is 15.3 Å². The molecule has 4 rings (SSSR count). The van der Waals surface area contributed by atoms with E-state index in [1.807, 2.05) is 18.2 Å². The van der Waals surface area contributed by atoms with Crippen molar-refractivity contribution in [2.75, 3.05) is 58.5 Å². The Bertz CT molecular complexity index is 829. The molecule has 0 spiro atoms. The minimum Gasteiger partial charge on any atom is -0.494 e. The topological polar surface area (TPSA) is 46.5 Å². The lowest BCUT2D eigenvalue weighted by atomic mass is 10.1. The number of aliphatic imine (C=N–C) groups is 1. The molecule has 6 heteroatoms. The van der Waals surface area contributed by atoms with Crippen LogP contribution in [0.2, 0.25) is 0 Å². The zero-order chi connectivity index (χ0) is 20.1. The van der Waals surface area contributed by atoms with Crippen molar-refractivity contribution in [2.45, 2.75) is 12.2 Å². The van der Waals surface area contributed by atoms with E-state index in [2.05, 4.69) is 45.1 Å². The second-order valence-electron chi connectivity index (χ2n) is 7.38. The van der Waals surface area contributed by atoms with Crippen molar-refractivity contribution in [3.63, 3.8) is 0 Å². The first-order chi connectivity index (χ1) is 14.2. The molecule has 0 radical (unpaired) electrons. The van der Waals surface area contributed by atoms with Crippen LogP contribution in [0.15, 0.2) is 53.5 Å². The van der Waals surface area contributed by atoms with E-state index in [1.54, 1.807) is 20.4 Å². The molecule has 2 aliphatic heterocycles.